The van der Waals surface area contributed by atoms with E-state index in [0.717, 1.165) is 38.1 Å². The molecule has 1 saturated heterocycles. The molecule has 0 aromatic carbocycles. The van der Waals surface area contributed by atoms with E-state index in [9.17, 15) is 0 Å². The second kappa shape index (κ2) is 5.48. The molecular formula is C15H28N2O. The molecule has 0 aromatic heterocycles. The lowest BCUT2D eigenvalue weighted by molar-refractivity contribution is -0.0675. The van der Waals surface area contributed by atoms with Crippen LogP contribution in [-0.2, 0) is 4.74 Å². The molecule has 104 valence electrons. The summed E-state index contributed by atoms with van der Waals surface area (Å²) < 4.78 is 5.64. The van der Waals surface area contributed by atoms with Gasteiger partial charge in [0.15, 0.2) is 0 Å². The molecule has 0 unspecified atom stereocenters. The molecule has 2 N–H and O–H groups in total. The van der Waals surface area contributed by atoms with Crippen molar-refractivity contribution in [3.05, 3.63) is 0 Å². The third-order valence-electron chi connectivity index (χ3n) is 5.76. The maximum atomic E-state index is 6.33. The Hall–Kier alpha value is -0.120. The highest BCUT2D eigenvalue weighted by Crippen LogP contribution is 2.50. The van der Waals surface area contributed by atoms with Crippen molar-refractivity contribution in [2.24, 2.45) is 17.6 Å². The number of nitrogens with zero attached hydrogens (tertiary/aromatic N) is 1. The van der Waals surface area contributed by atoms with Crippen LogP contribution < -0.4 is 5.73 Å². The quantitative estimate of drug-likeness (QED) is 0.832. The summed E-state index contributed by atoms with van der Waals surface area (Å²) in [7, 11) is 0. The fourth-order valence-corrected chi connectivity index (χ4v) is 4.29. The molecule has 0 aromatic rings. The molecule has 3 heteroatoms. The summed E-state index contributed by atoms with van der Waals surface area (Å²) in [5, 5.41) is 0. The van der Waals surface area contributed by atoms with E-state index >= 15 is 0 Å². The average molecular weight is 252 g/mol. The molecular weight excluding hydrogens is 224 g/mol. The van der Waals surface area contributed by atoms with Crippen LogP contribution in [0.3, 0.4) is 0 Å². The average Bonchev–Trinajstić information content (AvgIpc) is 2.51. The van der Waals surface area contributed by atoms with Gasteiger partial charge in [-0.1, -0.05) is 12.8 Å². The van der Waals surface area contributed by atoms with Crippen LogP contribution in [0, 0.1) is 11.8 Å². The maximum Gasteiger partial charge on any atom is 0.0593 e. The van der Waals surface area contributed by atoms with Gasteiger partial charge >= 0.3 is 0 Å². The van der Waals surface area contributed by atoms with E-state index in [0.29, 0.717) is 5.54 Å². The Labute approximate surface area is 111 Å². The van der Waals surface area contributed by atoms with Gasteiger partial charge in [-0.2, -0.15) is 0 Å². The van der Waals surface area contributed by atoms with Gasteiger partial charge < -0.3 is 10.5 Å². The van der Waals surface area contributed by atoms with Crippen LogP contribution in [-0.4, -0.2) is 43.3 Å². The number of hydrogen-bond donors (Lipinski definition) is 1. The fourth-order valence-electron chi connectivity index (χ4n) is 4.29. The van der Waals surface area contributed by atoms with Gasteiger partial charge in [0.25, 0.3) is 0 Å². The fraction of sp³-hybridized carbons (Fsp3) is 1.00. The summed E-state index contributed by atoms with van der Waals surface area (Å²) in [6.07, 6.45) is 9.65. The first kappa shape index (κ1) is 12.9. The Morgan fingerprint density at radius 1 is 0.944 bits per heavy atom. The van der Waals surface area contributed by atoms with Crippen LogP contribution in [0.25, 0.3) is 0 Å². The summed E-state index contributed by atoms with van der Waals surface area (Å²) in [6.45, 7) is 5.00. The number of rotatable bonds is 4. The van der Waals surface area contributed by atoms with Gasteiger partial charge in [-0.3, -0.25) is 4.90 Å². The zero-order chi connectivity index (χ0) is 12.4. The molecule has 0 bridgehead atoms. The van der Waals surface area contributed by atoms with Crippen LogP contribution in [0.5, 0.6) is 0 Å². The highest BCUT2D eigenvalue weighted by molar-refractivity contribution is 5.07. The summed E-state index contributed by atoms with van der Waals surface area (Å²) in [6, 6.07) is 0. The standard InChI is InChI=1S/C15H28N2O/c16-12-15(13-4-1-5-13,14-6-2-7-14)17-8-3-10-18-11-9-17/h13-14H,1-12,16H2. The lowest BCUT2D eigenvalue weighted by atomic mass is 9.58. The summed E-state index contributed by atoms with van der Waals surface area (Å²) in [5.74, 6) is 1.73. The van der Waals surface area contributed by atoms with Crippen molar-refractivity contribution < 1.29 is 4.74 Å². The lowest BCUT2D eigenvalue weighted by Crippen LogP contribution is -2.66. The minimum atomic E-state index is 0.324. The van der Waals surface area contributed by atoms with Crippen molar-refractivity contribution in [1.29, 1.82) is 0 Å². The van der Waals surface area contributed by atoms with E-state index in [4.69, 9.17) is 10.5 Å². The summed E-state index contributed by atoms with van der Waals surface area (Å²) in [4.78, 5) is 2.73. The molecule has 0 spiro atoms. The van der Waals surface area contributed by atoms with Crippen LogP contribution in [0.4, 0.5) is 0 Å². The van der Waals surface area contributed by atoms with Crippen LogP contribution in [0.15, 0.2) is 0 Å². The highest BCUT2D eigenvalue weighted by atomic mass is 16.5. The molecule has 3 fully saturated rings. The highest BCUT2D eigenvalue weighted by Gasteiger charge is 2.51. The Morgan fingerprint density at radius 2 is 1.61 bits per heavy atom. The topological polar surface area (TPSA) is 38.5 Å². The second-order valence-corrected chi connectivity index (χ2v) is 6.40. The molecule has 1 aliphatic heterocycles. The molecule has 2 saturated carbocycles. The van der Waals surface area contributed by atoms with Crippen molar-refractivity contribution in [3.63, 3.8) is 0 Å². The van der Waals surface area contributed by atoms with Crippen molar-refractivity contribution in [2.45, 2.75) is 50.5 Å². The number of ether oxygens (including phenoxy) is 1. The third kappa shape index (κ3) is 2.00. The van der Waals surface area contributed by atoms with Gasteiger partial charge in [0.2, 0.25) is 0 Å². The largest absolute Gasteiger partial charge is 0.380 e. The molecule has 3 nitrogen and oxygen atoms in total. The molecule has 18 heavy (non-hydrogen) atoms. The van der Waals surface area contributed by atoms with Gasteiger partial charge in [-0.05, 0) is 43.9 Å². The summed E-state index contributed by atoms with van der Waals surface area (Å²) in [5.41, 5.74) is 6.65. The van der Waals surface area contributed by atoms with Crippen molar-refractivity contribution in [2.75, 3.05) is 32.8 Å². The zero-order valence-corrected chi connectivity index (χ0v) is 11.6. The SMILES string of the molecule is NCC(C1CCC1)(C1CCC1)N1CCCOCC1. The smallest absolute Gasteiger partial charge is 0.0593 e. The van der Waals surface area contributed by atoms with Crippen molar-refractivity contribution in [1.82, 2.24) is 4.90 Å². The van der Waals surface area contributed by atoms with E-state index in [1.54, 1.807) is 0 Å². The van der Waals surface area contributed by atoms with Gasteiger partial charge in [0, 0.05) is 31.8 Å². The molecule has 2 aliphatic carbocycles. The molecule has 0 atom stereocenters. The first-order valence-electron chi connectivity index (χ1n) is 7.91. The Kier molecular flexibility index (Phi) is 3.92. The third-order valence-corrected chi connectivity index (χ3v) is 5.76. The molecule has 0 radical (unpaired) electrons. The first-order chi connectivity index (χ1) is 8.88. The monoisotopic (exact) mass is 252 g/mol. The van der Waals surface area contributed by atoms with E-state index in [2.05, 4.69) is 4.90 Å². The predicted octanol–water partition coefficient (Wildman–Crippen LogP) is 2.01. The first-order valence-corrected chi connectivity index (χ1v) is 7.91. The van der Waals surface area contributed by atoms with Gasteiger partial charge in [0.05, 0.1) is 6.61 Å². The normalized spacial score (nSPS) is 28.5. The zero-order valence-electron chi connectivity index (χ0n) is 11.6. The molecule has 3 rings (SSSR count). The molecule has 1 heterocycles. The Balaban J connectivity index is 1.81. The van der Waals surface area contributed by atoms with Crippen LogP contribution >= 0.6 is 0 Å². The molecule has 3 aliphatic rings. The Bertz CT molecular complexity index is 252. The number of hydrogen-bond acceptors (Lipinski definition) is 3. The minimum Gasteiger partial charge on any atom is -0.380 e. The number of nitrogens with two attached hydrogens (primary N) is 1. The van der Waals surface area contributed by atoms with E-state index < -0.39 is 0 Å². The van der Waals surface area contributed by atoms with E-state index in [-0.39, 0.29) is 0 Å². The van der Waals surface area contributed by atoms with Gasteiger partial charge in [0.1, 0.15) is 0 Å². The minimum absolute atomic E-state index is 0.324. The van der Waals surface area contributed by atoms with E-state index in [1.807, 2.05) is 0 Å². The van der Waals surface area contributed by atoms with Crippen molar-refractivity contribution >= 4 is 0 Å². The lowest BCUT2D eigenvalue weighted by Gasteiger charge is -2.58. The summed E-state index contributed by atoms with van der Waals surface area (Å²) >= 11 is 0. The van der Waals surface area contributed by atoms with Crippen LogP contribution in [0.2, 0.25) is 0 Å². The van der Waals surface area contributed by atoms with Crippen LogP contribution in [0.1, 0.15) is 44.9 Å². The maximum absolute atomic E-state index is 6.33. The second-order valence-electron chi connectivity index (χ2n) is 6.40. The van der Waals surface area contributed by atoms with Gasteiger partial charge in [-0.15, -0.1) is 0 Å². The van der Waals surface area contributed by atoms with E-state index in [1.165, 1.54) is 51.5 Å². The van der Waals surface area contributed by atoms with Gasteiger partial charge in [-0.25, -0.2) is 0 Å². The Morgan fingerprint density at radius 3 is 2.11 bits per heavy atom. The predicted molar refractivity (Wildman–Crippen MR) is 73.5 cm³/mol. The molecule has 0 amide bonds. The van der Waals surface area contributed by atoms with Crippen molar-refractivity contribution in [3.8, 4) is 0 Å².